The fraction of sp³-hybridized carbons (Fsp3) is 0.750. The predicted molar refractivity (Wildman–Crippen MR) is 63.9 cm³/mol. The van der Waals surface area contributed by atoms with Crippen LogP contribution in [0.4, 0.5) is 0 Å². The van der Waals surface area contributed by atoms with E-state index < -0.39 is 0 Å². The summed E-state index contributed by atoms with van der Waals surface area (Å²) in [7, 11) is 0. The van der Waals surface area contributed by atoms with Crippen molar-refractivity contribution in [2.24, 2.45) is 5.92 Å². The highest BCUT2D eigenvalue weighted by Gasteiger charge is 2.11. The van der Waals surface area contributed by atoms with Crippen molar-refractivity contribution in [3.8, 4) is 0 Å². The molecule has 0 saturated carbocycles. The third-order valence-corrected chi connectivity index (χ3v) is 2.39. The van der Waals surface area contributed by atoms with E-state index in [1.807, 2.05) is 12.3 Å². The fourth-order valence-corrected chi connectivity index (χ4v) is 1.43. The van der Waals surface area contributed by atoms with Crippen molar-refractivity contribution in [1.82, 2.24) is 15.1 Å². The van der Waals surface area contributed by atoms with E-state index in [2.05, 4.69) is 49.7 Å². The number of hydrogen-bond acceptors (Lipinski definition) is 2. The zero-order chi connectivity index (χ0) is 11.5. The lowest BCUT2D eigenvalue weighted by Crippen LogP contribution is -2.39. The number of nitrogens with one attached hydrogen (secondary N) is 1. The first-order valence-electron chi connectivity index (χ1n) is 5.62. The Kier molecular flexibility index (Phi) is 3.91. The molecule has 0 aliphatic carbocycles. The molecule has 3 nitrogen and oxygen atoms in total. The Morgan fingerprint density at radius 2 is 2.13 bits per heavy atom. The lowest BCUT2D eigenvalue weighted by atomic mass is 10.1. The quantitative estimate of drug-likeness (QED) is 0.824. The Hall–Kier alpha value is -0.830. The number of hydrogen-bond donors (Lipinski definition) is 1. The van der Waals surface area contributed by atoms with Crippen LogP contribution in [-0.2, 0) is 6.54 Å². The summed E-state index contributed by atoms with van der Waals surface area (Å²) in [4.78, 5) is 0. The van der Waals surface area contributed by atoms with Gasteiger partial charge in [-0.3, -0.25) is 4.68 Å². The van der Waals surface area contributed by atoms with E-state index in [9.17, 15) is 0 Å². The third kappa shape index (κ3) is 4.47. The maximum atomic E-state index is 4.29. The van der Waals surface area contributed by atoms with Gasteiger partial charge in [-0.2, -0.15) is 5.10 Å². The van der Waals surface area contributed by atoms with Crippen molar-refractivity contribution in [2.75, 3.05) is 6.54 Å². The average molecular weight is 209 g/mol. The zero-order valence-electron chi connectivity index (χ0n) is 10.5. The first-order chi connectivity index (χ1) is 6.88. The van der Waals surface area contributed by atoms with Crippen molar-refractivity contribution in [2.45, 2.75) is 46.7 Å². The molecule has 0 aliphatic heterocycles. The second kappa shape index (κ2) is 4.79. The summed E-state index contributed by atoms with van der Waals surface area (Å²) in [6, 6.07) is 2.05. The van der Waals surface area contributed by atoms with E-state index in [0.29, 0.717) is 5.92 Å². The highest BCUT2D eigenvalue weighted by atomic mass is 15.3. The predicted octanol–water partition coefficient (Wildman–Crippen LogP) is 2.22. The van der Waals surface area contributed by atoms with Crippen molar-refractivity contribution in [3.63, 3.8) is 0 Å². The third-order valence-electron chi connectivity index (χ3n) is 2.39. The molecule has 0 spiro atoms. The minimum atomic E-state index is 0.202. The normalized spacial score (nSPS) is 14.2. The Morgan fingerprint density at radius 3 is 2.60 bits per heavy atom. The molecule has 0 fully saturated rings. The molecule has 0 aromatic carbocycles. The van der Waals surface area contributed by atoms with Crippen LogP contribution in [0.25, 0.3) is 0 Å². The molecule has 15 heavy (non-hydrogen) atoms. The summed E-state index contributed by atoms with van der Waals surface area (Å²) < 4.78 is 2.06. The molecule has 1 atom stereocenters. The van der Waals surface area contributed by atoms with Crippen LogP contribution in [0.15, 0.2) is 12.3 Å². The molecule has 1 unspecified atom stereocenters. The molecule has 86 valence electrons. The Bertz CT molecular complexity index is 296. The molecule has 3 heteroatoms. The van der Waals surface area contributed by atoms with Gasteiger partial charge in [0.2, 0.25) is 0 Å². The summed E-state index contributed by atoms with van der Waals surface area (Å²) in [5, 5.41) is 7.80. The molecule has 1 aromatic rings. The van der Waals surface area contributed by atoms with Crippen molar-refractivity contribution in [3.05, 3.63) is 18.0 Å². The van der Waals surface area contributed by atoms with Crippen LogP contribution in [0.2, 0.25) is 0 Å². The van der Waals surface area contributed by atoms with E-state index in [0.717, 1.165) is 13.1 Å². The molecule has 1 N–H and O–H groups in total. The van der Waals surface area contributed by atoms with Crippen molar-refractivity contribution >= 4 is 0 Å². The van der Waals surface area contributed by atoms with Gasteiger partial charge in [0.05, 0.1) is 0 Å². The maximum Gasteiger partial charge on any atom is 0.0492 e. The smallest absolute Gasteiger partial charge is 0.0492 e. The van der Waals surface area contributed by atoms with E-state index >= 15 is 0 Å². The minimum absolute atomic E-state index is 0.202. The SMILES string of the molecule is Cc1ccnn1CC(C)CNC(C)(C)C. The Morgan fingerprint density at radius 1 is 1.47 bits per heavy atom. The molecule has 0 saturated heterocycles. The van der Waals surface area contributed by atoms with Gasteiger partial charge in [0.25, 0.3) is 0 Å². The van der Waals surface area contributed by atoms with E-state index in [1.54, 1.807) is 0 Å². The van der Waals surface area contributed by atoms with Crippen LogP contribution in [0.1, 0.15) is 33.4 Å². The summed E-state index contributed by atoms with van der Waals surface area (Å²) in [5.41, 5.74) is 1.44. The van der Waals surface area contributed by atoms with Gasteiger partial charge in [0.1, 0.15) is 0 Å². The molecule has 1 rings (SSSR count). The highest BCUT2D eigenvalue weighted by molar-refractivity contribution is 4.96. The van der Waals surface area contributed by atoms with Gasteiger partial charge in [0.15, 0.2) is 0 Å². The van der Waals surface area contributed by atoms with Gasteiger partial charge in [-0.05, 0) is 46.2 Å². The second-order valence-corrected chi connectivity index (χ2v) is 5.39. The summed E-state index contributed by atoms with van der Waals surface area (Å²) in [5.74, 6) is 0.600. The number of nitrogens with zero attached hydrogens (tertiary/aromatic N) is 2. The topological polar surface area (TPSA) is 29.9 Å². The summed E-state index contributed by atoms with van der Waals surface area (Å²) in [6.45, 7) is 12.9. The molecule has 0 amide bonds. The second-order valence-electron chi connectivity index (χ2n) is 5.39. The summed E-state index contributed by atoms with van der Waals surface area (Å²) in [6.07, 6.45) is 1.86. The fourth-order valence-electron chi connectivity index (χ4n) is 1.43. The van der Waals surface area contributed by atoms with Gasteiger partial charge in [0, 0.05) is 24.0 Å². The Labute approximate surface area is 92.9 Å². The van der Waals surface area contributed by atoms with Crippen molar-refractivity contribution in [1.29, 1.82) is 0 Å². The van der Waals surface area contributed by atoms with Gasteiger partial charge in [-0.1, -0.05) is 6.92 Å². The van der Waals surface area contributed by atoms with Gasteiger partial charge < -0.3 is 5.32 Å². The van der Waals surface area contributed by atoms with Gasteiger partial charge >= 0.3 is 0 Å². The molecule has 0 radical (unpaired) electrons. The molecular formula is C12H23N3. The molecule has 0 aliphatic rings. The van der Waals surface area contributed by atoms with Gasteiger partial charge in [-0.25, -0.2) is 0 Å². The molecule has 1 aromatic heterocycles. The lowest BCUT2D eigenvalue weighted by molar-refractivity contribution is 0.350. The molecule has 0 bridgehead atoms. The highest BCUT2D eigenvalue weighted by Crippen LogP contribution is 2.05. The van der Waals surface area contributed by atoms with Crippen LogP contribution in [0, 0.1) is 12.8 Å². The molecular weight excluding hydrogens is 186 g/mol. The standard InChI is InChI=1S/C12H23N3/c1-10(8-13-12(3,4)5)9-15-11(2)6-7-14-15/h6-7,10,13H,8-9H2,1-5H3. The van der Waals surface area contributed by atoms with Crippen molar-refractivity contribution < 1.29 is 0 Å². The summed E-state index contributed by atoms with van der Waals surface area (Å²) >= 11 is 0. The van der Waals surface area contributed by atoms with E-state index in [-0.39, 0.29) is 5.54 Å². The maximum absolute atomic E-state index is 4.29. The number of rotatable bonds is 4. The minimum Gasteiger partial charge on any atom is -0.312 e. The van der Waals surface area contributed by atoms with Crippen LogP contribution < -0.4 is 5.32 Å². The van der Waals surface area contributed by atoms with Crippen LogP contribution in [0.5, 0.6) is 0 Å². The lowest BCUT2D eigenvalue weighted by Gasteiger charge is -2.23. The van der Waals surface area contributed by atoms with E-state index in [4.69, 9.17) is 0 Å². The Balaban J connectivity index is 2.37. The number of aromatic nitrogens is 2. The monoisotopic (exact) mass is 209 g/mol. The largest absolute Gasteiger partial charge is 0.312 e. The van der Waals surface area contributed by atoms with E-state index in [1.165, 1.54) is 5.69 Å². The number of aryl methyl sites for hydroxylation is 1. The average Bonchev–Trinajstić information content (AvgIpc) is 2.47. The van der Waals surface area contributed by atoms with Crippen LogP contribution >= 0.6 is 0 Å². The first-order valence-corrected chi connectivity index (χ1v) is 5.62. The van der Waals surface area contributed by atoms with Crippen LogP contribution in [-0.4, -0.2) is 21.9 Å². The van der Waals surface area contributed by atoms with Gasteiger partial charge in [-0.15, -0.1) is 0 Å². The van der Waals surface area contributed by atoms with Crippen LogP contribution in [0.3, 0.4) is 0 Å². The molecule has 1 heterocycles. The zero-order valence-corrected chi connectivity index (χ0v) is 10.5. The first kappa shape index (κ1) is 12.2.